The number of halogens is 8. The number of benzene rings is 11. The lowest BCUT2D eigenvalue weighted by molar-refractivity contribution is 0.0706. The van der Waals surface area contributed by atoms with Gasteiger partial charge in [0.05, 0.1) is 104 Å². The van der Waals surface area contributed by atoms with E-state index in [0.717, 1.165) is 22.4 Å². The predicted octanol–water partition coefficient (Wildman–Crippen LogP) is 24.3. The molecule has 0 radical (unpaired) electrons. The van der Waals surface area contributed by atoms with Gasteiger partial charge in [0, 0.05) is 144 Å². The monoisotopic (exact) mass is 1990 g/mol. The molecule has 5 aromatic heterocycles. The number of aliphatic hydroxyl groups is 1. The summed E-state index contributed by atoms with van der Waals surface area (Å²) in [6, 6.07) is 93.0. The van der Waals surface area contributed by atoms with Crippen molar-refractivity contribution in [3.8, 4) is 45.0 Å². The van der Waals surface area contributed by atoms with Gasteiger partial charge in [-0.2, -0.15) is 0 Å². The number of hydrogen-bond acceptors (Lipinski definition) is 15. The summed E-state index contributed by atoms with van der Waals surface area (Å²) in [5.74, 6) is -2.66. The minimum absolute atomic E-state index is 0.140. The Balaban J connectivity index is 0.000000155. The third kappa shape index (κ3) is 27.4. The maximum Gasteiger partial charge on any atom is 0.257 e. The molecule has 0 fully saturated rings. The van der Waals surface area contributed by atoms with E-state index < -0.39 is 23.6 Å². The number of aliphatic hydroxyl groups excluding tert-OH is 1. The van der Waals surface area contributed by atoms with Gasteiger partial charge in [0.1, 0.15) is 0 Å². The van der Waals surface area contributed by atoms with Crippen LogP contribution in [0.5, 0.6) is 0 Å². The van der Waals surface area contributed by atoms with E-state index in [-0.39, 0.29) is 85.7 Å². The van der Waals surface area contributed by atoms with Gasteiger partial charge in [0.2, 0.25) is 0 Å². The molecule has 0 atom stereocenters. The van der Waals surface area contributed by atoms with Crippen LogP contribution in [0.3, 0.4) is 0 Å². The molecule has 16 aromatic rings. The zero-order valence-corrected chi connectivity index (χ0v) is 79.7. The molecule has 0 saturated heterocycles. The quantitative estimate of drug-likeness (QED) is 0.0248. The second-order valence-electron chi connectivity index (χ2n) is 30.7. The molecule has 0 aliphatic heterocycles. The zero-order valence-electron chi connectivity index (χ0n) is 73.6. The minimum atomic E-state index is -0.426. The molecule has 5 heterocycles. The van der Waals surface area contributed by atoms with Crippen LogP contribution >= 0.6 is 92.8 Å². The number of carbonyl (C=O) groups excluding carboxylic acids is 8. The van der Waals surface area contributed by atoms with Crippen LogP contribution in [0, 0.1) is 0 Å². The SMILES string of the molecule is CN(Cc1ccccc1)C(=O)c1ccc(C(=O)Nc2ccc(Cl)c(-c3ccccn3)c2)c(Cl)c1.CN(Cc1ccccn1)C(=O)c1ccc(C(=O)Nc2ccc(Cl)c(-c3ccccn3)c2)c(Cl)c1.Nc1ccccc1CNC(=O)c1ccc(C(=O)Nc2ccc(Cl)c(-c3ccccn3)c2)c(Cl)c1.O=C(Nc1ccc(Cl)c(-c2ccccn2)c1)c1ccc(C(=O)N(CCO)Cc2ccccc2)cc1Cl. The number of nitrogens with two attached hydrogens (primary N) is 1. The first-order valence-corrected chi connectivity index (χ1v) is 45.5. The number of amides is 8. The Hall–Kier alpha value is -15.0. The van der Waals surface area contributed by atoms with E-state index in [9.17, 15) is 43.5 Å². The molecule has 0 saturated carbocycles. The summed E-state index contributed by atoms with van der Waals surface area (Å²) in [6.45, 7) is 1.44. The molecule has 11 aromatic carbocycles. The average Bonchev–Trinajstić information content (AvgIpc) is 0.829. The van der Waals surface area contributed by atoms with Crippen molar-refractivity contribution in [1.82, 2.24) is 44.9 Å². The lowest BCUT2D eigenvalue weighted by Crippen LogP contribution is -2.33. The van der Waals surface area contributed by atoms with Crippen LogP contribution in [0.1, 0.15) is 105 Å². The maximum atomic E-state index is 13.1. The summed E-state index contributed by atoms with van der Waals surface area (Å²) in [4.78, 5) is 129. The normalized spacial score (nSPS) is 10.6. The van der Waals surface area contributed by atoms with E-state index >= 15 is 0 Å². The lowest BCUT2D eigenvalue weighted by atomic mass is 10.1. The standard InChI is InChI=1S/C28H23Cl2N3O3.C27H21Cl2N3O2.2C26H20Cl2N4O2/c29-24-12-10-21(17-23(24)26-8-4-5-13-31-26)32-27(35)22-11-9-20(16-25(22)30)28(36)33(14-15-34)18-19-6-2-1-3-7-19;1-32(17-18-7-3-2-4-8-18)27(34)19-10-12-21(24(29)15-19)26(33)31-20-11-13-23(28)22(16-20)25-9-5-6-14-30-25;1-32(16-19-6-2-4-12-29-19)26(34)17-8-10-20(23(28)14-17)25(33)31-18-9-11-22(27)21(15-18)24-7-3-5-13-30-24;27-21-11-9-18(14-20(21)24-7-3-4-12-30-24)32-26(34)19-10-8-16(13-22(19)28)25(33)31-15-17-5-1-2-6-23(17)29/h1-13,16-17,34H,14-15,18H2,(H,32,35);2-16H,17H2,1H3,(H,31,33);2-15H,16H2,1H3,(H,31,33);1-14H,15,29H2,(H,31,33)(H,32,34). The molecule has 8 amide bonds. The summed E-state index contributed by atoms with van der Waals surface area (Å²) in [5.41, 5.74) is 20.2. The second kappa shape index (κ2) is 49.0. The molecule has 0 spiro atoms. The highest BCUT2D eigenvalue weighted by atomic mass is 35.5. The number of nitrogens with zero attached hydrogens (tertiary/aromatic N) is 8. The van der Waals surface area contributed by atoms with Crippen molar-refractivity contribution in [3.63, 3.8) is 0 Å². The smallest absolute Gasteiger partial charge is 0.257 e. The summed E-state index contributed by atoms with van der Waals surface area (Å²) >= 11 is 50.8. The topological polar surface area (TPSA) is 317 Å². The summed E-state index contributed by atoms with van der Waals surface area (Å²) in [7, 11) is 3.41. The van der Waals surface area contributed by atoms with Crippen molar-refractivity contribution in [1.29, 1.82) is 0 Å². The molecular formula is C107H84Cl8N14O9. The third-order valence-electron chi connectivity index (χ3n) is 21.0. The van der Waals surface area contributed by atoms with Gasteiger partial charge in [-0.1, -0.05) is 202 Å². The van der Waals surface area contributed by atoms with Gasteiger partial charge in [0.15, 0.2) is 0 Å². The van der Waals surface area contributed by atoms with E-state index in [1.54, 1.807) is 164 Å². The first-order chi connectivity index (χ1) is 66.7. The van der Waals surface area contributed by atoms with Crippen molar-refractivity contribution in [2.45, 2.75) is 26.2 Å². The molecule has 0 unspecified atom stereocenters. The summed E-state index contributed by atoms with van der Waals surface area (Å²) in [6.07, 6.45) is 8.37. The Morgan fingerprint density at radius 3 is 0.949 bits per heavy atom. The number of aromatic nitrogens is 5. The maximum absolute atomic E-state index is 13.1. The Morgan fingerprint density at radius 2 is 0.616 bits per heavy atom. The van der Waals surface area contributed by atoms with Crippen LogP contribution in [0.15, 0.2) is 353 Å². The fraction of sp³-hybridized carbons (Fsp3) is 0.0748. The van der Waals surface area contributed by atoms with E-state index in [1.807, 2.05) is 170 Å². The predicted molar refractivity (Wildman–Crippen MR) is 549 cm³/mol. The van der Waals surface area contributed by atoms with Gasteiger partial charge in [-0.15, -0.1) is 0 Å². The first-order valence-electron chi connectivity index (χ1n) is 42.5. The Morgan fingerprint density at radius 1 is 0.304 bits per heavy atom. The average molecular weight is 1990 g/mol. The highest BCUT2D eigenvalue weighted by molar-refractivity contribution is 6.38. The van der Waals surface area contributed by atoms with Crippen molar-refractivity contribution >= 4 is 169 Å². The highest BCUT2D eigenvalue weighted by Crippen LogP contribution is 2.36. The molecule has 692 valence electrons. The Bertz CT molecular complexity index is 6850. The van der Waals surface area contributed by atoms with Gasteiger partial charge < -0.3 is 52.1 Å². The van der Waals surface area contributed by atoms with Gasteiger partial charge in [-0.05, 0) is 229 Å². The number of rotatable bonds is 26. The van der Waals surface area contributed by atoms with Gasteiger partial charge in [-0.3, -0.25) is 63.3 Å². The molecular weight excluding hydrogens is 1910 g/mol. The zero-order chi connectivity index (χ0) is 97.7. The summed E-state index contributed by atoms with van der Waals surface area (Å²) in [5, 5.41) is 26.3. The third-order valence-corrected chi connectivity index (χ3v) is 23.5. The molecule has 0 bridgehead atoms. The van der Waals surface area contributed by atoms with Crippen molar-refractivity contribution in [2.24, 2.45) is 0 Å². The van der Waals surface area contributed by atoms with Gasteiger partial charge in [-0.25, -0.2) is 0 Å². The molecule has 23 nitrogen and oxygen atoms in total. The Labute approximate surface area is 835 Å². The number of hydrogen-bond donors (Lipinski definition) is 7. The van der Waals surface area contributed by atoms with Crippen LogP contribution in [0.25, 0.3) is 45.0 Å². The number of anilines is 5. The van der Waals surface area contributed by atoms with Crippen molar-refractivity contribution in [3.05, 3.63) is 460 Å². The Kier molecular flexibility index (Phi) is 35.6. The minimum Gasteiger partial charge on any atom is -0.398 e. The molecule has 8 N–H and O–H groups in total. The molecule has 138 heavy (non-hydrogen) atoms. The van der Waals surface area contributed by atoms with Gasteiger partial charge >= 0.3 is 0 Å². The first kappa shape index (κ1) is 100. The second-order valence-corrected chi connectivity index (χ2v) is 33.9. The fourth-order valence-electron chi connectivity index (χ4n) is 13.9. The molecule has 16 rings (SSSR count). The molecule has 0 aliphatic carbocycles. The van der Waals surface area contributed by atoms with E-state index in [0.29, 0.717) is 135 Å². The number of para-hydroxylation sites is 1. The van der Waals surface area contributed by atoms with Crippen LogP contribution in [0.2, 0.25) is 40.2 Å². The number of nitrogens with one attached hydrogen (secondary N) is 5. The van der Waals surface area contributed by atoms with Crippen LogP contribution in [0.4, 0.5) is 28.4 Å². The van der Waals surface area contributed by atoms with E-state index in [1.165, 1.54) is 47.4 Å². The fourth-order valence-corrected chi connectivity index (χ4v) is 15.8. The van der Waals surface area contributed by atoms with Gasteiger partial charge in [0.25, 0.3) is 47.3 Å². The molecule has 31 heteroatoms. The summed E-state index contributed by atoms with van der Waals surface area (Å²) < 4.78 is 0. The number of pyridine rings is 5. The number of carbonyl (C=O) groups is 8. The van der Waals surface area contributed by atoms with Crippen molar-refractivity contribution in [2.75, 3.05) is 54.2 Å². The highest BCUT2D eigenvalue weighted by Gasteiger charge is 2.25. The largest absolute Gasteiger partial charge is 0.398 e. The van der Waals surface area contributed by atoms with E-state index in [4.69, 9.17) is 98.5 Å². The molecule has 0 aliphatic rings. The van der Waals surface area contributed by atoms with Crippen molar-refractivity contribution < 1.29 is 43.5 Å². The van der Waals surface area contributed by atoms with Crippen LogP contribution in [-0.2, 0) is 26.2 Å². The van der Waals surface area contributed by atoms with E-state index in [2.05, 4.69) is 51.5 Å². The lowest BCUT2D eigenvalue weighted by Gasteiger charge is -2.22. The van der Waals surface area contributed by atoms with Crippen LogP contribution < -0.4 is 32.3 Å². The number of nitrogen functional groups attached to an aromatic ring is 1. The van der Waals surface area contributed by atoms with Crippen LogP contribution in [-0.4, -0.2) is 119 Å².